The van der Waals surface area contributed by atoms with Gasteiger partial charge in [0.05, 0.1) is 22.4 Å². The fraction of sp³-hybridized carbons (Fsp3) is 0.0323. The van der Waals surface area contributed by atoms with Gasteiger partial charge in [-0.2, -0.15) is 0 Å². The zero-order chi connectivity index (χ0) is 44.5. The molecule has 0 spiro atoms. The molecule has 4 heterocycles. The average Bonchev–Trinajstić information content (AvgIpc) is 3.99. The van der Waals surface area contributed by atoms with Crippen LogP contribution in [0.4, 0.5) is 17.2 Å². The van der Waals surface area contributed by atoms with Gasteiger partial charge in [0.25, 0.3) is 0 Å². The van der Waals surface area contributed by atoms with Gasteiger partial charge in [0.1, 0.15) is 11.6 Å². The molecule has 0 saturated heterocycles. The van der Waals surface area contributed by atoms with E-state index in [1.54, 1.807) is 0 Å². The summed E-state index contributed by atoms with van der Waals surface area (Å²) in [5.74, 6) is 1.71. The minimum atomic E-state index is -0.422. The summed E-state index contributed by atoms with van der Waals surface area (Å²) in [4.78, 5) is 18.5. The predicted molar refractivity (Wildman–Crippen MR) is 274 cm³/mol. The van der Waals surface area contributed by atoms with Crippen LogP contribution in [0.2, 0.25) is 0 Å². The van der Waals surface area contributed by atoms with E-state index in [1.807, 2.05) is 12.3 Å². The molecule has 6 heteroatoms. The zero-order valence-corrected chi connectivity index (χ0v) is 39.3. The van der Waals surface area contributed by atoms with Crippen LogP contribution in [0.25, 0.3) is 83.3 Å². The van der Waals surface area contributed by atoms with E-state index < -0.39 is 5.41 Å². The average molecular weight is 1050 g/mol. The van der Waals surface area contributed by atoms with Gasteiger partial charge in [-0.3, -0.25) is 4.57 Å². The van der Waals surface area contributed by atoms with E-state index >= 15 is 0 Å². The van der Waals surface area contributed by atoms with Crippen molar-refractivity contribution in [3.8, 4) is 50.5 Å². The van der Waals surface area contributed by atoms with Crippen molar-refractivity contribution in [1.82, 2.24) is 19.5 Å². The molecule has 1 aliphatic heterocycles. The summed E-state index contributed by atoms with van der Waals surface area (Å²) in [6, 6.07) is 83.4. The van der Waals surface area contributed by atoms with Crippen molar-refractivity contribution < 1.29 is 21.1 Å². The van der Waals surface area contributed by atoms with Crippen LogP contribution in [-0.2, 0) is 26.5 Å². The molecule has 0 N–H and O–H groups in total. The molecule has 68 heavy (non-hydrogen) atoms. The minimum absolute atomic E-state index is 0. The Hall–Kier alpha value is -8.11. The Kier molecular flexibility index (Phi) is 10.1. The molecule has 3 aromatic heterocycles. The van der Waals surface area contributed by atoms with Gasteiger partial charge < -0.3 is 9.88 Å². The first-order valence-corrected chi connectivity index (χ1v) is 22.8. The number of aromatic nitrogens is 4. The summed E-state index contributed by atoms with van der Waals surface area (Å²) < 4.78 is 2.34. The molecule has 324 valence electrons. The quantitative estimate of drug-likeness (QED) is 0.149. The third kappa shape index (κ3) is 6.42. The summed E-state index contributed by atoms with van der Waals surface area (Å²) in [6.45, 7) is 2.32. The van der Waals surface area contributed by atoms with Crippen LogP contribution in [0.15, 0.2) is 231 Å². The topological polar surface area (TPSA) is 48.1 Å². The first kappa shape index (κ1) is 41.3. The van der Waals surface area contributed by atoms with Crippen molar-refractivity contribution in [3.05, 3.63) is 253 Å². The Bertz CT molecular complexity index is 3790. The molecule has 0 bridgehead atoms. The van der Waals surface area contributed by atoms with E-state index in [0.29, 0.717) is 0 Å². The fourth-order valence-corrected chi connectivity index (χ4v) is 10.6. The van der Waals surface area contributed by atoms with Crippen LogP contribution in [0.3, 0.4) is 0 Å². The monoisotopic (exact) mass is 1050 g/mol. The number of benzene rings is 9. The van der Waals surface area contributed by atoms with Gasteiger partial charge >= 0.3 is 21.1 Å². The number of nitrogens with zero attached hydrogens (tertiary/aromatic N) is 5. The summed E-state index contributed by atoms with van der Waals surface area (Å²) in [5, 5.41) is 2.24. The number of para-hydroxylation sites is 4. The van der Waals surface area contributed by atoms with Gasteiger partial charge in [-0.1, -0.05) is 188 Å². The molecule has 1 aliphatic rings. The van der Waals surface area contributed by atoms with E-state index in [9.17, 15) is 0 Å². The van der Waals surface area contributed by atoms with Gasteiger partial charge in [0.2, 0.25) is 0 Å². The van der Waals surface area contributed by atoms with Crippen LogP contribution < -0.4 is 9.88 Å². The third-order valence-corrected chi connectivity index (χ3v) is 13.7. The van der Waals surface area contributed by atoms with Gasteiger partial charge in [0, 0.05) is 28.3 Å². The van der Waals surface area contributed by atoms with Crippen LogP contribution in [-0.4, -0.2) is 14.5 Å². The summed E-state index contributed by atoms with van der Waals surface area (Å²) >= 11 is 0. The Labute approximate surface area is 409 Å². The van der Waals surface area contributed by atoms with Crippen LogP contribution in [0.5, 0.6) is 0 Å². The standard InChI is InChI=1S/C62H41N5.Pt/c1-62(44-25-9-4-10-26-44)51-33-12-14-37-55(51)66(61-52(62)34-19-39-63-61)45-27-15-24-43(40-45)48-30-18-38-56-59(48)65-60(67(56)54-36-13-11-28-46(54)41-20-5-2-6-21-41)50-32-16-31-49-57-47(42-22-7-3-8-23-42)29-17-35-53(57)64-58(49)50;/h2-39H,1H3;/q-2;+2. The molecule has 12 aromatic rings. The molecule has 13 rings (SSSR count). The molecule has 0 saturated carbocycles. The van der Waals surface area contributed by atoms with Crippen molar-refractivity contribution in [1.29, 1.82) is 0 Å². The number of fused-ring (bicyclic) bond motifs is 6. The van der Waals surface area contributed by atoms with E-state index in [0.717, 1.165) is 106 Å². The largest absolute Gasteiger partial charge is 2.00 e. The number of rotatable bonds is 7. The second kappa shape index (κ2) is 16.6. The van der Waals surface area contributed by atoms with E-state index in [1.165, 1.54) is 11.1 Å². The van der Waals surface area contributed by atoms with Crippen molar-refractivity contribution in [2.24, 2.45) is 0 Å². The van der Waals surface area contributed by atoms with Crippen molar-refractivity contribution >= 4 is 50.0 Å². The Morgan fingerprint density at radius 1 is 0.515 bits per heavy atom. The number of hydrogen-bond acceptors (Lipinski definition) is 3. The second-order valence-corrected chi connectivity index (χ2v) is 17.4. The van der Waals surface area contributed by atoms with Crippen molar-refractivity contribution in [3.63, 3.8) is 0 Å². The molecule has 1 atom stereocenters. The molecule has 0 amide bonds. The fourth-order valence-electron chi connectivity index (χ4n) is 10.6. The van der Waals surface area contributed by atoms with Crippen LogP contribution >= 0.6 is 0 Å². The molecule has 1 unspecified atom stereocenters. The molecular weight excluding hydrogens is 1010 g/mol. The third-order valence-electron chi connectivity index (χ3n) is 13.7. The maximum atomic E-state index is 5.72. The number of anilines is 3. The van der Waals surface area contributed by atoms with Crippen molar-refractivity contribution in [2.45, 2.75) is 12.3 Å². The Morgan fingerprint density at radius 3 is 1.94 bits per heavy atom. The van der Waals surface area contributed by atoms with Crippen molar-refractivity contribution in [2.75, 3.05) is 4.90 Å². The van der Waals surface area contributed by atoms with Gasteiger partial charge in [-0.15, -0.1) is 40.9 Å². The first-order chi connectivity index (χ1) is 33.1. The van der Waals surface area contributed by atoms with Crippen LogP contribution in [0, 0.1) is 6.07 Å². The maximum Gasteiger partial charge on any atom is 2.00 e. The van der Waals surface area contributed by atoms with E-state index in [-0.39, 0.29) is 21.1 Å². The van der Waals surface area contributed by atoms with E-state index in [4.69, 9.17) is 15.0 Å². The zero-order valence-electron chi connectivity index (χ0n) is 37.0. The molecule has 5 nitrogen and oxygen atoms in total. The number of imidazole rings is 1. The van der Waals surface area contributed by atoms with Gasteiger partial charge in [-0.05, 0) is 75.5 Å². The SMILES string of the molecule is CC1(c2ccccc2)c2ccccc2N(c2[c-]c(-c3cccc4c3nc(-c3cccc5c3[n-]c3cccc(-c6ccccc6)c35)n4-c3ccccc3-c3ccccc3)ccc2)c2ncccc21.[Pt+2]. The summed E-state index contributed by atoms with van der Waals surface area (Å²) in [6.07, 6.45) is 1.89. The maximum absolute atomic E-state index is 5.72. The molecule has 0 fully saturated rings. The molecule has 9 aromatic carbocycles. The molecule has 0 radical (unpaired) electrons. The van der Waals surface area contributed by atoms with Gasteiger partial charge in [0.15, 0.2) is 0 Å². The molecule has 0 aliphatic carbocycles. The molecular formula is C62H41N5Pt. The Morgan fingerprint density at radius 2 is 1.13 bits per heavy atom. The van der Waals surface area contributed by atoms with E-state index in [2.05, 4.69) is 241 Å². The smallest absolute Gasteiger partial charge is 0.656 e. The Balaban J connectivity index is 0.00000480. The number of pyridine rings is 1. The first-order valence-electron chi connectivity index (χ1n) is 22.8. The second-order valence-electron chi connectivity index (χ2n) is 17.4. The number of hydrogen-bond donors (Lipinski definition) is 0. The summed E-state index contributed by atoms with van der Waals surface area (Å²) in [5.41, 5.74) is 17.4. The predicted octanol–water partition coefficient (Wildman–Crippen LogP) is 15.3. The summed E-state index contributed by atoms with van der Waals surface area (Å²) in [7, 11) is 0. The normalized spacial score (nSPS) is 14.2. The van der Waals surface area contributed by atoms with Gasteiger partial charge in [-0.25, -0.2) is 9.97 Å². The van der Waals surface area contributed by atoms with Crippen LogP contribution in [0.1, 0.15) is 23.6 Å². The minimum Gasteiger partial charge on any atom is -0.656 e.